The van der Waals surface area contributed by atoms with Crippen molar-refractivity contribution >= 4 is 23.1 Å². The van der Waals surface area contributed by atoms with E-state index in [9.17, 15) is 4.79 Å². The lowest BCUT2D eigenvalue weighted by Gasteiger charge is -2.36. The second-order valence-corrected chi connectivity index (χ2v) is 4.05. The maximum Gasteiger partial charge on any atom is 0.234 e. The normalized spacial score (nSPS) is 24.7. The number of primary amides is 1. The molecule has 2 unspecified atom stereocenters. The Balaban J connectivity index is 2.62. The summed E-state index contributed by atoms with van der Waals surface area (Å²) in [5, 5.41) is 0. The number of morpholine rings is 1. The highest BCUT2D eigenvalue weighted by Gasteiger charge is 2.29. The van der Waals surface area contributed by atoms with Crippen LogP contribution in [-0.2, 0) is 9.53 Å². The van der Waals surface area contributed by atoms with Crippen LogP contribution in [0.3, 0.4) is 0 Å². The third kappa shape index (κ3) is 3.12. The molecular weight excluding hydrogens is 214 g/mol. The molecule has 1 fully saturated rings. The van der Waals surface area contributed by atoms with E-state index < -0.39 is 0 Å². The monoisotopic (exact) mass is 231 g/mol. The lowest BCUT2D eigenvalue weighted by molar-refractivity contribution is -0.125. The molecule has 6 heteroatoms. The molecule has 0 aromatic carbocycles. The summed E-state index contributed by atoms with van der Waals surface area (Å²) in [5.74, 6) is -0.305. The standard InChI is InChI=1S/C9H17N3O2S/c1-2-6(8(10)13)12-3-4-14-7(5-12)9(11)15/h6-7H,2-5H2,1H3,(H2,10,13)(H2,11,15). The van der Waals surface area contributed by atoms with E-state index in [0.29, 0.717) is 31.1 Å². The smallest absolute Gasteiger partial charge is 0.234 e. The molecule has 0 saturated carbocycles. The number of ether oxygens (including phenoxy) is 1. The number of thiocarbonyl (C=S) groups is 1. The van der Waals surface area contributed by atoms with E-state index in [1.54, 1.807) is 0 Å². The largest absolute Gasteiger partial charge is 0.391 e. The van der Waals surface area contributed by atoms with Gasteiger partial charge >= 0.3 is 0 Å². The lowest BCUT2D eigenvalue weighted by atomic mass is 10.1. The minimum atomic E-state index is -0.305. The molecule has 1 aliphatic rings. The van der Waals surface area contributed by atoms with E-state index in [0.717, 1.165) is 0 Å². The first-order chi connectivity index (χ1) is 7.06. The van der Waals surface area contributed by atoms with Crippen molar-refractivity contribution in [2.24, 2.45) is 11.5 Å². The van der Waals surface area contributed by atoms with Gasteiger partial charge in [0.05, 0.1) is 12.6 Å². The van der Waals surface area contributed by atoms with E-state index in [2.05, 4.69) is 0 Å². The molecule has 0 spiro atoms. The van der Waals surface area contributed by atoms with Gasteiger partial charge in [0.2, 0.25) is 5.91 Å². The molecule has 5 nitrogen and oxygen atoms in total. The Bertz CT molecular complexity index is 260. The second kappa shape index (κ2) is 5.39. The Kier molecular flexibility index (Phi) is 4.44. The molecular formula is C9H17N3O2S. The fourth-order valence-electron chi connectivity index (χ4n) is 1.76. The molecule has 0 aliphatic carbocycles. The van der Waals surface area contributed by atoms with Gasteiger partial charge in [-0.15, -0.1) is 0 Å². The average molecular weight is 231 g/mol. The summed E-state index contributed by atoms with van der Waals surface area (Å²) in [4.78, 5) is 13.5. The Hall–Kier alpha value is -0.720. The van der Waals surface area contributed by atoms with Gasteiger partial charge in [0.15, 0.2) is 0 Å². The van der Waals surface area contributed by atoms with E-state index >= 15 is 0 Å². The van der Waals surface area contributed by atoms with Gasteiger partial charge < -0.3 is 16.2 Å². The highest BCUT2D eigenvalue weighted by molar-refractivity contribution is 7.80. The molecule has 0 bridgehead atoms. The van der Waals surface area contributed by atoms with E-state index in [1.807, 2.05) is 11.8 Å². The van der Waals surface area contributed by atoms with Crippen LogP contribution in [0.5, 0.6) is 0 Å². The molecule has 1 saturated heterocycles. The third-order valence-electron chi connectivity index (χ3n) is 2.57. The van der Waals surface area contributed by atoms with E-state index in [1.165, 1.54) is 0 Å². The second-order valence-electron chi connectivity index (χ2n) is 3.58. The van der Waals surface area contributed by atoms with Crippen molar-refractivity contribution < 1.29 is 9.53 Å². The van der Waals surface area contributed by atoms with E-state index in [-0.39, 0.29) is 18.1 Å². The lowest BCUT2D eigenvalue weighted by Crippen LogP contribution is -2.54. The first-order valence-corrected chi connectivity index (χ1v) is 5.41. The molecule has 2 atom stereocenters. The zero-order chi connectivity index (χ0) is 11.4. The van der Waals surface area contributed by atoms with Gasteiger partial charge in [0.25, 0.3) is 0 Å². The van der Waals surface area contributed by atoms with Gasteiger partial charge in [0, 0.05) is 13.1 Å². The number of hydrogen-bond donors (Lipinski definition) is 2. The molecule has 4 N–H and O–H groups in total. The number of carbonyl (C=O) groups is 1. The highest BCUT2D eigenvalue weighted by Crippen LogP contribution is 2.11. The molecule has 86 valence electrons. The van der Waals surface area contributed by atoms with Crippen LogP contribution in [0.2, 0.25) is 0 Å². The van der Waals surface area contributed by atoms with Crippen molar-refractivity contribution in [3.05, 3.63) is 0 Å². The predicted molar refractivity (Wildman–Crippen MR) is 61.4 cm³/mol. The summed E-state index contributed by atoms with van der Waals surface area (Å²) in [5.41, 5.74) is 10.8. The summed E-state index contributed by atoms with van der Waals surface area (Å²) in [6, 6.07) is -0.245. The van der Waals surface area contributed by atoms with Crippen LogP contribution >= 0.6 is 12.2 Å². The van der Waals surface area contributed by atoms with Gasteiger partial charge in [-0.1, -0.05) is 19.1 Å². The van der Waals surface area contributed by atoms with E-state index in [4.69, 9.17) is 28.4 Å². The van der Waals surface area contributed by atoms with Gasteiger partial charge in [0.1, 0.15) is 11.1 Å². The number of amides is 1. The van der Waals surface area contributed by atoms with Crippen molar-refractivity contribution in [2.45, 2.75) is 25.5 Å². The predicted octanol–water partition coefficient (Wildman–Crippen LogP) is -0.763. The van der Waals surface area contributed by atoms with Crippen molar-refractivity contribution in [3.8, 4) is 0 Å². The van der Waals surface area contributed by atoms with Gasteiger partial charge in [-0.25, -0.2) is 0 Å². The Morgan fingerprint density at radius 3 is 2.80 bits per heavy atom. The molecule has 1 amide bonds. The van der Waals surface area contributed by atoms with Crippen LogP contribution in [0.1, 0.15) is 13.3 Å². The number of rotatable bonds is 4. The van der Waals surface area contributed by atoms with Crippen molar-refractivity contribution in [3.63, 3.8) is 0 Å². The van der Waals surface area contributed by atoms with Crippen molar-refractivity contribution in [2.75, 3.05) is 19.7 Å². The van der Waals surface area contributed by atoms with Crippen LogP contribution < -0.4 is 11.5 Å². The summed E-state index contributed by atoms with van der Waals surface area (Å²) in [6.07, 6.45) is 0.432. The number of hydrogen-bond acceptors (Lipinski definition) is 4. The maximum atomic E-state index is 11.2. The van der Waals surface area contributed by atoms with Crippen LogP contribution in [-0.4, -0.2) is 47.6 Å². The first kappa shape index (κ1) is 12.4. The van der Waals surface area contributed by atoms with Crippen molar-refractivity contribution in [1.82, 2.24) is 4.90 Å². The number of nitrogens with two attached hydrogens (primary N) is 2. The van der Waals surface area contributed by atoms with Crippen LogP contribution in [0, 0.1) is 0 Å². The molecule has 1 rings (SSSR count). The summed E-state index contributed by atoms with van der Waals surface area (Å²) >= 11 is 4.87. The van der Waals surface area contributed by atoms with Crippen molar-refractivity contribution in [1.29, 1.82) is 0 Å². The fraction of sp³-hybridized carbons (Fsp3) is 0.778. The molecule has 0 radical (unpaired) electrons. The summed E-state index contributed by atoms with van der Waals surface area (Å²) < 4.78 is 5.38. The van der Waals surface area contributed by atoms with Crippen LogP contribution in [0.25, 0.3) is 0 Å². The number of carbonyl (C=O) groups excluding carboxylic acids is 1. The molecule has 1 aliphatic heterocycles. The Labute approximate surface area is 94.7 Å². The first-order valence-electron chi connectivity index (χ1n) is 5.00. The Morgan fingerprint density at radius 2 is 2.33 bits per heavy atom. The SMILES string of the molecule is CCC(C(N)=O)N1CCOC(C(N)=S)C1. The minimum absolute atomic E-state index is 0.245. The van der Waals surface area contributed by atoms with Gasteiger partial charge in [-0.05, 0) is 6.42 Å². The highest BCUT2D eigenvalue weighted by atomic mass is 32.1. The zero-order valence-corrected chi connectivity index (χ0v) is 9.63. The molecule has 0 aromatic heterocycles. The quantitative estimate of drug-likeness (QED) is 0.621. The average Bonchev–Trinajstić information content (AvgIpc) is 2.18. The molecule has 0 aromatic rings. The molecule has 15 heavy (non-hydrogen) atoms. The van der Waals surface area contributed by atoms with Gasteiger partial charge in [-0.2, -0.15) is 0 Å². The van der Waals surface area contributed by atoms with Crippen LogP contribution in [0.15, 0.2) is 0 Å². The van der Waals surface area contributed by atoms with Gasteiger partial charge in [-0.3, -0.25) is 9.69 Å². The third-order valence-corrected chi connectivity index (χ3v) is 2.83. The van der Waals surface area contributed by atoms with Crippen LogP contribution in [0.4, 0.5) is 0 Å². The number of nitrogens with zero attached hydrogens (tertiary/aromatic N) is 1. The fourth-order valence-corrected chi connectivity index (χ4v) is 1.91. The maximum absolute atomic E-state index is 11.2. The zero-order valence-electron chi connectivity index (χ0n) is 8.81. The minimum Gasteiger partial charge on any atom is -0.391 e. The Morgan fingerprint density at radius 1 is 1.67 bits per heavy atom. The summed E-state index contributed by atoms with van der Waals surface area (Å²) in [7, 11) is 0. The molecule has 1 heterocycles. The summed E-state index contributed by atoms with van der Waals surface area (Å²) in [6.45, 7) is 3.71. The topological polar surface area (TPSA) is 81.6 Å².